The maximum atomic E-state index is 12.9. The summed E-state index contributed by atoms with van der Waals surface area (Å²) >= 11 is 0. The number of hydrogen-bond acceptors (Lipinski definition) is 4. The lowest BCUT2D eigenvalue weighted by Gasteiger charge is -2.21. The van der Waals surface area contributed by atoms with E-state index in [0.29, 0.717) is 5.75 Å². The van der Waals surface area contributed by atoms with E-state index < -0.39 is 5.60 Å². The molecule has 0 N–H and O–H groups in total. The summed E-state index contributed by atoms with van der Waals surface area (Å²) in [5, 5.41) is 0. The molecule has 106 valence electrons. The zero-order valence-electron chi connectivity index (χ0n) is 11.7. The van der Waals surface area contributed by atoms with Crippen molar-refractivity contribution >= 4 is 5.78 Å². The molecule has 2 aliphatic rings. The second-order valence-electron chi connectivity index (χ2n) is 5.52. The molecule has 1 aromatic heterocycles. The van der Waals surface area contributed by atoms with Gasteiger partial charge in [0.15, 0.2) is 11.4 Å². The molecule has 0 radical (unpaired) electrons. The predicted octanol–water partition coefficient (Wildman–Crippen LogP) is 2.73. The average molecular weight is 281 g/mol. The quantitative estimate of drug-likeness (QED) is 0.794. The molecule has 2 atom stereocenters. The fourth-order valence-corrected chi connectivity index (χ4v) is 3.19. The minimum Gasteiger partial charge on any atom is -0.497 e. The van der Waals surface area contributed by atoms with Crippen molar-refractivity contribution in [2.75, 3.05) is 7.11 Å². The van der Waals surface area contributed by atoms with E-state index in [4.69, 9.17) is 9.47 Å². The fourth-order valence-electron chi connectivity index (χ4n) is 3.19. The van der Waals surface area contributed by atoms with Crippen molar-refractivity contribution in [2.45, 2.75) is 24.5 Å². The molecule has 4 rings (SSSR count). The molecule has 1 fully saturated rings. The van der Waals surface area contributed by atoms with Gasteiger partial charge in [0.25, 0.3) is 0 Å². The molecule has 21 heavy (non-hydrogen) atoms. The zero-order chi connectivity index (χ0) is 14.4. The Morgan fingerprint density at radius 3 is 2.86 bits per heavy atom. The Bertz CT molecular complexity index is 713. The van der Waals surface area contributed by atoms with Gasteiger partial charge in [0.2, 0.25) is 0 Å². The molecule has 1 aliphatic heterocycles. The molecule has 2 heterocycles. The van der Waals surface area contributed by atoms with Crippen LogP contribution in [0, 0.1) is 0 Å². The van der Waals surface area contributed by atoms with Crippen LogP contribution >= 0.6 is 0 Å². The number of fused-ring (bicyclic) bond motifs is 1. The lowest BCUT2D eigenvalue weighted by molar-refractivity contribution is 0.0849. The number of hydrogen-bond donors (Lipinski definition) is 0. The Kier molecular flexibility index (Phi) is 2.62. The van der Waals surface area contributed by atoms with E-state index in [9.17, 15) is 4.79 Å². The van der Waals surface area contributed by atoms with Crippen molar-refractivity contribution in [3.63, 3.8) is 0 Å². The molecule has 0 bridgehead atoms. The number of aryl methyl sites for hydroxylation is 1. The van der Waals surface area contributed by atoms with Crippen LogP contribution in [0.25, 0.3) is 0 Å². The Morgan fingerprint density at radius 2 is 2.10 bits per heavy atom. The minimum absolute atomic E-state index is 0.0736. The van der Waals surface area contributed by atoms with Gasteiger partial charge in [-0.3, -0.25) is 9.78 Å². The summed E-state index contributed by atoms with van der Waals surface area (Å²) in [6, 6.07) is 9.52. The number of methoxy groups -OCH3 is 1. The van der Waals surface area contributed by atoms with Crippen molar-refractivity contribution in [1.29, 1.82) is 0 Å². The lowest BCUT2D eigenvalue weighted by atomic mass is 9.79. The maximum Gasteiger partial charge on any atom is 0.198 e. The van der Waals surface area contributed by atoms with E-state index in [-0.39, 0.29) is 11.9 Å². The number of aromatic nitrogens is 1. The molecule has 4 nitrogen and oxygen atoms in total. The molecule has 4 heteroatoms. The van der Waals surface area contributed by atoms with Crippen LogP contribution in [-0.4, -0.2) is 23.5 Å². The van der Waals surface area contributed by atoms with Gasteiger partial charge in [-0.25, -0.2) is 0 Å². The van der Waals surface area contributed by atoms with Gasteiger partial charge in [-0.05, 0) is 48.2 Å². The Hall–Kier alpha value is -2.20. The van der Waals surface area contributed by atoms with Crippen LogP contribution in [0.15, 0.2) is 42.7 Å². The van der Waals surface area contributed by atoms with Gasteiger partial charge in [-0.15, -0.1) is 0 Å². The first kappa shape index (κ1) is 12.5. The van der Waals surface area contributed by atoms with Gasteiger partial charge in [-0.1, -0.05) is 6.07 Å². The van der Waals surface area contributed by atoms with Crippen molar-refractivity contribution in [1.82, 2.24) is 4.98 Å². The average Bonchev–Trinajstić information content (AvgIpc) is 3.27. The van der Waals surface area contributed by atoms with Crippen molar-refractivity contribution in [3.05, 3.63) is 59.4 Å². The maximum absolute atomic E-state index is 12.9. The Labute approximate surface area is 122 Å². The molecular formula is C17H15NO3. The number of pyridine rings is 1. The minimum atomic E-state index is -0.680. The SMILES string of the molecule is COc1ccc2c(c1)C(=O)C1(CC2)OC1c1ccncc1. The normalized spacial score (nSPS) is 26.5. The van der Waals surface area contributed by atoms with Gasteiger partial charge in [-0.2, -0.15) is 0 Å². The summed E-state index contributed by atoms with van der Waals surface area (Å²) in [5.74, 6) is 0.782. The van der Waals surface area contributed by atoms with Gasteiger partial charge in [0.05, 0.1) is 7.11 Å². The smallest absolute Gasteiger partial charge is 0.198 e. The first-order valence-electron chi connectivity index (χ1n) is 7.04. The molecule has 1 aliphatic carbocycles. The standard InChI is InChI=1S/C17H15NO3/c1-20-13-3-2-11-4-7-17(15(19)14(11)10-13)16(21-17)12-5-8-18-9-6-12/h2-3,5-6,8-10,16H,4,7H2,1H3. The number of benzene rings is 1. The second-order valence-corrected chi connectivity index (χ2v) is 5.52. The van der Waals surface area contributed by atoms with Gasteiger partial charge in [0, 0.05) is 18.0 Å². The largest absolute Gasteiger partial charge is 0.497 e. The Balaban J connectivity index is 1.70. The number of rotatable bonds is 2. The van der Waals surface area contributed by atoms with E-state index in [1.165, 1.54) is 0 Å². The Morgan fingerprint density at radius 1 is 1.29 bits per heavy atom. The van der Waals surface area contributed by atoms with Crippen LogP contribution in [0.1, 0.15) is 34.0 Å². The molecule has 2 unspecified atom stereocenters. The molecule has 1 aromatic carbocycles. The summed E-state index contributed by atoms with van der Waals surface area (Å²) in [4.78, 5) is 16.9. The third kappa shape index (κ3) is 1.79. The van der Waals surface area contributed by atoms with Crippen molar-refractivity contribution in [2.24, 2.45) is 0 Å². The van der Waals surface area contributed by atoms with E-state index in [2.05, 4.69) is 4.98 Å². The third-order valence-corrected chi connectivity index (χ3v) is 4.42. The summed E-state index contributed by atoms with van der Waals surface area (Å²) in [6.07, 6.45) is 4.90. The zero-order valence-corrected chi connectivity index (χ0v) is 11.7. The second kappa shape index (κ2) is 4.40. The van der Waals surface area contributed by atoms with Crippen LogP contribution < -0.4 is 4.74 Å². The van der Waals surface area contributed by atoms with Crippen LogP contribution in [0.2, 0.25) is 0 Å². The summed E-state index contributed by atoms with van der Waals surface area (Å²) in [5.41, 5.74) is 2.15. The molecule has 0 amide bonds. The number of epoxide rings is 1. The predicted molar refractivity (Wildman–Crippen MR) is 76.4 cm³/mol. The van der Waals surface area contributed by atoms with Crippen LogP contribution in [0.5, 0.6) is 5.75 Å². The van der Waals surface area contributed by atoms with E-state index >= 15 is 0 Å². The van der Waals surface area contributed by atoms with E-state index in [1.807, 2.05) is 30.3 Å². The van der Waals surface area contributed by atoms with Crippen molar-refractivity contribution < 1.29 is 14.3 Å². The number of nitrogens with zero attached hydrogens (tertiary/aromatic N) is 1. The summed E-state index contributed by atoms with van der Waals surface area (Å²) < 4.78 is 11.1. The lowest BCUT2D eigenvalue weighted by Crippen LogP contribution is -2.31. The highest BCUT2D eigenvalue weighted by Gasteiger charge is 2.63. The van der Waals surface area contributed by atoms with Gasteiger partial charge in [0.1, 0.15) is 11.9 Å². The van der Waals surface area contributed by atoms with E-state index in [0.717, 1.165) is 29.5 Å². The number of ketones is 1. The van der Waals surface area contributed by atoms with Crippen LogP contribution in [-0.2, 0) is 11.2 Å². The number of Topliss-reactive ketones (excluding diaryl/α,β-unsaturated/α-hetero) is 1. The van der Waals surface area contributed by atoms with Crippen molar-refractivity contribution in [3.8, 4) is 5.75 Å². The highest BCUT2D eigenvalue weighted by Crippen LogP contribution is 2.56. The molecule has 1 spiro atoms. The number of ether oxygens (including phenoxy) is 2. The molecular weight excluding hydrogens is 266 g/mol. The number of carbonyl (C=O) groups excluding carboxylic acids is 1. The highest BCUT2D eigenvalue weighted by atomic mass is 16.6. The first-order valence-corrected chi connectivity index (χ1v) is 7.04. The van der Waals surface area contributed by atoms with Crippen LogP contribution in [0.4, 0.5) is 0 Å². The number of carbonyl (C=O) groups is 1. The highest BCUT2D eigenvalue weighted by molar-refractivity contribution is 6.07. The molecule has 2 aromatic rings. The monoisotopic (exact) mass is 281 g/mol. The van der Waals surface area contributed by atoms with Gasteiger partial charge < -0.3 is 9.47 Å². The first-order chi connectivity index (χ1) is 10.2. The topological polar surface area (TPSA) is 51.7 Å². The van der Waals surface area contributed by atoms with E-state index in [1.54, 1.807) is 19.5 Å². The summed E-state index contributed by atoms with van der Waals surface area (Å²) in [6.45, 7) is 0. The molecule has 0 saturated carbocycles. The summed E-state index contributed by atoms with van der Waals surface area (Å²) in [7, 11) is 1.61. The van der Waals surface area contributed by atoms with Crippen LogP contribution in [0.3, 0.4) is 0 Å². The third-order valence-electron chi connectivity index (χ3n) is 4.42. The fraction of sp³-hybridized carbons (Fsp3) is 0.294. The van der Waals surface area contributed by atoms with Gasteiger partial charge >= 0.3 is 0 Å². The molecule has 1 saturated heterocycles.